The summed E-state index contributed by atoms with van der Waals surface area (Å²) in [6.07, 6.45) is 3.30. The number of hydrogen-bond acceptors (Lipinski definition) is 6. The van der Waals surface area contributed by atoms with Crippen molar-refractivity contribution in [2.75, 3.05) is 5.75 Å². The summed E-state index contributed by atoms with van der Waals surface area (Å²) in [6.45, 7) is 6.30. The van der Waals surface area contributed by atoms with E-state index in [1.807, 2.05) is 17.9 Å². The standard InChI is InChI=1S/C19H24ClN3O3S/c1-12-9-15(7-8-16(12)20)25-10-17-21-22-19(26-17)27-11-18(24)23-13(2)5-4-6-14(23)3/h7-9,13-14H,4-6,10-11H2,1-3H3/t13-,14+. The number of aryl methyl sites for hydroxylation is 1. The summed E-state index contributed by atoms with van der Waals surface area (Å²) in [5.74, 6) is 1.48. The van der Waals surface area contributed by atoms with Gasteiger partial charge in [0.25, 0.3) is 11.1 Å². The smallest absolute Gasteiger partial charge is 0.277 e. The molecule has 0 bridgehead atoms. The summed E-state index contributed by atoms with van der Waals surface area (Å²) in [6, 6.07) is 6.01. The minimum atomic E-state index is 0.118. The van der Waals surface area contributed by atoms with E-state index in [0.29, 0.717) is 27.6 Å². The van der Waals surface area contributed by atoms with Crippen LogP contribution in [-0.2, 0) is 11.4 Å². The Kier molecular flexibility index (Phi) is 6.65. The van der Waals surface area contributed by atoms with Crippen molar-refractivity contribution in [2.24, 2.45) is 0 Å². The number of benzene rings is 1. The third kappa shape index (κ3) is 5.17. The van der Waals surface area contributed by atoms with Crippen molar-refractivity contribution < 1.29 is 13.9 Å². The molecular formula is C19H24ClN3O3S. The van der Waals surface area contributed by atoms with Crippen LogP contribution in [0.1, 0.15) is 44.6 Å². The largest absolute Gasteiger partial charge is 0.484 e. The molecule has 2 heterocycles. The van der Waals surface area contributed by atoms with Crippen LogP contribution in [0, 0.1) is 6.92 Å². The number of carbonyl (C=O) groups excluding carboxylic acids is 1. The summed E-state index contributed by atoms with van der Waals surface area (Å²) < 4.78 is 11.2. The van der Waals surface area contributed by atoms with E-state index >= 15 is 0 Å². The van der Waals surface area contributed by atoms with E-state index in [0.717, 1.165) is 18.4 Å². The molecular weight excluding hydrogens is 386 g/mol. The first-order chi connectivity index (χ1) is 12.9. The summed E-state index contributed by atoms with van der Waals surface area (Å²) >= 11 is 7.27. The van der Waals surface area contributed by atoms with Gasteiger partial charge >= 0.3 is 0 Å². The Morgan fingerprint density at radius 2 is 2.07 bits per heavy atom. The van der Waals surface area contributed by atoms with Gasteiger partial charge in [0.1, 0.15) is 5.75 Å². The number of piperidine rings is 1. The molecule has 0 N–H and O–H groups in total. The predicted molar refractivity (Wildman–Crippen MR) is 105 cm³/mol. The van der Waals surface area contributed by atoms with Crippen molar-refractivity contribution in [2.45, 2.75) is 63.9 Å². The maximum absolute atomic E-state index is 12.5. The molecule has 1 aromatic heterocycles. The molecule has 3 rings (SSSR count). The van der Waals surface area contributed by atoms with Gasteiger partial charge in [-0.3, -0.25) is 4.79 Å². The van der Waals surface area contributed by atoms with E-state index in [1.54, 1.807) is 12.1 Å². The normalized spacial score (nSPS) is 19.9. The highest BCUT2D eigenvalue weighted by molar-refractivity contribution is 7.99. The Hall–Kier alpha value is -1.73. The lowest BCUT2D eigenvalue weighted by Crippen LogP contribution is -2.48. The zero-order valence-electron chi connectivity index (χ0n) is 15.8. The van der Waals surface area contributed by atoms with E-state index < -0.39 is 0 Å². The van der Waals surface area contributed by atoms with Gasteiger partial charge in [0, 0.05) is 17.1 Å². The van der Waals surface area contributed by atoms with Crippen molar-refractivity contribution >= 4 is 29.3 Å². The van der Waals surface area contributed by atoms with Crippen molar-refractivity contribution in [3.05, 3.63) is 34.7 Å². The highest BCUT2D eigenvalue weighted by Gasteiger charge is 2.29. The fourth-order valence-electron chi connectivity index (χ4n) is 3.32. The average molecular weight is 410 g/mol. The highest BCUT2D eigenvalue weighted by Crippen LogP contribution is 2.25. The molecule has 1 saturated heterocycles. The minimum absolute atomic E-state index is 0.118. The summed E-state index contributed by atoms with van der Waals surface area (Å²) in [5, 5.41) is 9.04. The minimum Gasteiger partial charge on any atom is -0.484 e. The topological polar surface area (TPSA) is 68.5 Å². The second-order valence-electron chi connectivity index (χ2n) is 6.88. The lowest BCUT2D eigenvalue weighted by Gasteiger charge is -2.39. The zero-order chi connectivity index (χ0) is 19.4. The number of likely N-dealkylation sites (tertiary alicyclic amines) is 1. The molecule has 8 heteroatoms. The molecule has 0 radical (unpaired) electrons. The first kappa shape index (κ1) is 20.0. The number of rotatable bonds is 6. The second-order valence-corrected chi connectivity index (χ2v) is 8.21. The van der Waals surface area contributed by atoms with Crippen LogP contribution in [0.2, 0.25) is 5.02 Å². The number of carbonyl (C=O) groups is 1. The number of hydrogen-bond donors (Lipinski definition) is 0. The van der Waals surface area contributed by atoms with Crippen LogP contribution in [-0.4, -0.2) is 38.8 Å². The summed E-state index contributed by atoms with van der Waals surface area (Å²) in [5.41, 5.74) is 0.940. The van der Waals surface area contributed by atoms with Crippen LogP contribution in [0.25, 0.3) is 0 Å². The number of amides is 1. The van der Waals surface area contributed by atoms with Gasteiger partial charge in [-0.05, 0) is 63.8 Å². The van der Waals surface area contributed by atoms with Crippen LogP contribution in [0.15, 0.2) is 27.8 Å². The second kappa shape index (κ2) is 8.97. The van der Waals surface area contributed by atoms with Crippen molar-refractivity contribution in [3.63, 3.8) is 0 Å². The molecule has 0 spiro atoms. The van der Waals surface area contributed by atoms with Gasteiger partial charge in [0.2, 0.25) is 5.91 Å². The maximum Gasteiger partial charge on any atom is 0.277 e. The van der Waals surface area contributed by atoms with Crippen molar-refractivity contribution in [3.8, 4) is 5.75 Å². The quantitative estimate of drug-likeness (QED) is 0.654. The molecule has 27 heavy (non-hydrogen) atoms. The Morgan fingerprint density at radius 3 is 2.78 bits per heavy atom. The van der Waals surface area contributed by atoms with Crippen LogP contribution in [0.3, 0.4) is 0 Å². The monoisotopic (exact) mass is 409 g/mol. The van der Waals surface area contributed by atoms with Gasteiger partial charge in [-0.1, -0.05) is 23.4 Å². The fraction of sp³-hybridized carbons (Fsp3) is 0.526. The Bertz CT molecular complexity index is 788. The molecule has 0 aliphatic carbocycles. The number of ether oxygens (including phenoxy) is 1. The summed E-state index contributed by atoms with van der Waals surface area (Å²) in [4.78, 5) is 14.5. The zero-order valence-corrected chi connectivity index (χ0v) is 17.3. The molecule has 6 nitrogen and oxygen atoms in total. The van der Waals surface area contributed by atoms with Crippen LogP contribution in [0.4, 0.5) is 0 Å². The molecule has 2 atom stereocenters. The molecule has 0 unspecified atom stereocenters. The van der Waals surface area contributed by atoms with Crippen molar-refractivity contribution in [1.29, 1.82) is 0 Å². The lowest BCUT2D eigenvalue weighted by molar-refractivity contribution is -0.134. The third-order valence-corrected chi connectivity index (χ3v) is 5.97. The molecule has 1 amide bonds. The SMILES string of the molecule is Cc1cc(OCc2nnc(SCC(=O)N3[C@H](C)CCC[C@@H]3C)o2)ccc1Cl. The van der Waals surface area contributed by atoms with Gasteiger partial charge in [-0.2, -0.15) is 0 Å². The first-order valence-corrected chi connectivity index (χ1v) is 10.5. The molecule has 146 valence electrons. The molecule has 1 aliphatic rings. The Labute approximate surface area is 168 Å². The predicted octanol–water partition coefficient (Wildman–Crippen LogP) is 4.49. The third-order valence-electron chi connectivity index (χ3n) is 4.74. The highest BCUT2D eigenvalue weighted by atomic mass is 35.5. The lowest BCUT2D eigenvalue weighted by atomic mass is 9.98. The van der Waals surface area contributed by atoms with E-state index in [4.69, 9.17) is 20.8 Å². The first-order valence-electron chi connectivity index (χ1n) is 9.09. The summed E-state index contributed by atoms with van der Waals surface area (Å²) in [7, 11) is 0. The number of aromatic nitrogens is 2. The molecule has 1 fully saturated rings. The van der Waals surface area contributed by atoms with Gasteiger partial charge in [-0.15, -0.1) is 10.2 Å². The van der Waals surface area contributed by atoms with Crippen molar-refractivity contribution in [1.82, 2.24) is 15.1 Å². The van der Waals surface area contributed by atoms with Gasteiger partial charge in [0.15, 0.2) is 6.61 Å². The van der Waals surface area contributed by atoms with Crippen LogP contribution >= 0.6 is 23.4 Å². The van der Waals surface area contributed by atoms with E-state index in [1.165, 1.54) is 18.2 Å². The fourth-order valence-corrected chi connectivity index (χ4v) is 4.09. The molecule has 1 aliphatic heterocycles. The van der Waals surface area contributed by atoms with E-state index in [2.05, 4.69) is 24.0 Å². The van der Waals surface area contributed by atoms with Gasteiger partial charge in [-0.25, -0.2) is 0 Å². The van der Waals surface area contributed by atoms with E-state index in [9.17, 15) is 4.79 Å². The van der Waals surface area contributed by atoms with Gasteiger partial charge < -0.3 is 14.1 Å². The van der Waals surface area contributed by atoms with E-state index in [-0.39, 0.29) is 24.6 Å². The maximum atomic E-state index is 12.5. The molecule has 2 aromatic rings. The Balaban J connectivity index is 1.50. The Morgan fingerprint density at radius 1 is 1.33 bits per heavy atom. The number of thioether (sulfide) groups is 1. The molecule has 1 aromatic carbocycles. The van der Waals surface area contributed by atoms with Crippen LogP contribution in [0.5, 0.6) is 5.75 Å². The number of halogens is 1. The van der Waals surface area contributed by atoms with Crippen LogP contribution < -0.4 is 4.74 Å². The number of nitrogens with zero attached hydrogens (tertiary/aromatic N) is 3. The van der Waals surface area contributed by atoms with Gasteiger partial charge in [0.05, 0.1) is 5.75 Å². The average Bonchev–Trinajstić information content (AvgIpc) is 3.09. The molecule has 0 saturated carbocycles.